The van der Waals surface area contributed by atoms with Crippen LogP contribution in [-0.2, 0) is 6.54 Å². The second-order valence-corrected chi connectivity index (χ2v) is 4.41. The van der Waals surface area contributed by atoms with Gasteiger partial charge in [0.1, 0.15) is 11.6 Å². The van der Waals surface area contributed by atoms with Gasteiger partial charge in [-0.1, -0.05) is 12.1 Å². The summed E-state index contributed by atoms with van der Waals surface area (Å²) in [6.07, 6.45) is 1.76. The summed E-state index contributed by atoms with van der Waals surface area (Å²) in [6, 6.07) is 9.21. The van der Waals surface area contributed by atoms with Gasteiger partial charge in [-0.25, -0.2) is 4.98 Å². The Morgan fingerprint density at radius 3 is 2.79 bits per heavy atom. The van der Waals surface area contributed by atoms with Crippen LogP contribution in [0.1, 0.15) is 18.1 Å². The number of aromatic hydroxyl groups is 1. The number of phenols is 1. The van der Waals surface area contributed by atoms with Gasteiger partial charge in [0, 0.05) is 36.6 Å². The van der Waals surface area contributed by atoms with E-state index < -0.39 is 0 Å². The Kier molecular flexibility index (Phi) is 4.02. The molecule has 0 bridgehead atoms. The maximum atomic E-state index is 9.68. The number of hydrogen-bond donors (Lipinski definition) is 2. The largest absolute Gasteiger partial charge is 0.508 e. The van der Waals surface area contributed by atoms with Gasteiger partial charge in [0.15, 0.2) is 0 Å². The normalized spacial score (nSPS) is 10.5. The van der Waals surface area contributed by atoms with Gasteiger partial charge in [-0.2, -0.15) is 0 Å². The van der Waals surface area contributed by atoms with Crippen LogP contribution in [0.5, 0.6) is 5.75 Å². The Hall–Kier alpha value is -2.07. The molecule has 0 unspecified atom stereocenters. The maximum Gasteiger partial charge on any atom is 0.137 e. The van der Waals surface area contributed by atoms with Crippen LogP contribution in [0.3, 0.4) is 0 Å². The van der Waals surface area contributed by atoms with E-state index in [1.165, 1.54) is 0 Å². The minimum atomic E-state index is 0.254. The monoisotopic (exact) mass is 257 g/mol. The number of phenolic OH excluding ortho intramolecular Hbond substituents is 1. The van der Waals surface area contributed by atoms with E-state index in [1.807, 2.05) is 25.1 Å². The molecule has 1 aromatic carbocycles. The van der Waals surface area contributed by atoms with E-state index in [4.69, 9.17) is 5.73 Å². The Balaban J connectivity index is 2.53. The minimum Gasteiger partial charge on any atom is -0.508 e. The van der Waals surface area contributed by atoms with Gasteiger partial charge in [0.2, 0.25) is 0 Å². The molecule has 0 aliphatic heterocycles. The Bertz CT molecular complexity index is 569. The van der Waals surface area contributed by atoms with Crippen molar-refractivity contribution in [3.8, 4) is 5.75 Å². The average Bonchev–Trinajstić information content (AvgIpc) is 2.44. The highest BCUT2D eigenvalue weighted by Gasteiger charge is 2.14. The van der Waals surface area contributed by atoms with Crippen molar-refractivity contribution >= 4 is 11.5 Å². The van der Waals surface area contributed by atoms with Crippen LogP contribution in [0.15, 0.2) is 36.5 Å². The zero-order valence-electron chi connectivity index (χ0n) is 11.3. The number of anilines is 2. The summed E-state index contributed by atoms with van der Waals surface area (Å²) in [6.45, 7) is 5.27. The molecule has 0 atom stereocenters. The van der Waals surface area contributed by atoms with Crippen LogP contribution >= 0.6 is 0 Å². The molecule has 0 saturated heterocycles. The van der Waals surface area contributed by atoms with Crippen LogP contribution in [0.4, 0.5) is 11.5 Å². The standard InChI is InChI=1S/C15H19N3O/c1-3-18(14-9-13(19)7-6-11(14)2)15-12(10-16)5-4-8-17-15/h4-9,19H,3,10,16H2,1-2H3. The molecule has 19 heavy (non-hydrogen) atoms. The van der Waals surface area contributed by atoms with Crippen molar-refractivity contribution in [3.63, 3.8) is 0 Å². The molecule has 0 amide bonds. The van der Waals surface area contributed by atoms with Crippen molar-refractivity contribution in [2.24, 2.45) is 5.73 Å². The highest BCUT2D eigenvalue weighted by Crippen LogP contribution is 2.31. The summed E-state index contributed by atoms with van der Waals surface area (Å²) in [7, 11) is 0. The van der Waals surface area contributed by atoms with Gasteiger partial charge in [-0.05, 0) is 31.5 Å². The van der Waals surface area contributed by atoms with Crippen LogP contribution in [0.2, 0.25) is 0 Å². The fraction of sp³-hybridized carbons (Fsp3) is 0.267. The molecule has 0 spiro atoms. The van der Waals surface area contributed by atoms with Crippen molar-refractivity contribution < 1.29 is 5.11 Å². The first-order chi connectivity index (χ1) is 9.17. The zero-order chi connectivity index (χ0) is 13.8. The van der Waals surface area contributed by atoms with Crippen molar-refractivity contribution in [2.45, 2.75) is 20.4 Å². The summed E-state index contributed by atoms with van der Waals surface area (Å²) < 4.78 is 0. The highest BCUT2D eigenvalue weighted by atomic mass is 16.3. The van der Waals surface area contributed by atoms with Crippen LogP contribution in [0.25, 0.3) is 0 Å². The van der Waals surface area contributed by atoms with Crippen molar-refractivity contribution in [1.82, 2.24) is 4.98 Å². The fourth-order valence-corrected chi connectivity index (χ4v) is 2.16. The molecule has 1 aromatic heterocycles. The van der Waals surface area contributed by atoms with Gasteiger partial charge < -0.3 is 15.7 Å². The zero-order valence-corrected chi connectivity index (χ0v) is 11.3. The van der Waals surface area contributed by atoms with Gasteiger partial charge in [0.05, 0.1) is 0 Å². The SMILES string of the molecule is CCN(c1cc(O)ccc1C)c1ncccc1CN. The minimum absolute atomic E-state index is 0.254. The molecule has 0 saturated carbocycles. The highest BCUT2D eigenvalue weighted by molar-refractivity contribution is 5.67. The van der Waals surface area contributed by atoms with E-state index in [-0.39, 0.29) is 5.75 Å². The number of pyridine rings is 1. The van der Waals surface area contributed by atoms with E-state index in [9.17, 15) is 5.11 Å². The number of hydrogen-bond acceptors (Lipinski definition) is 4. The van der Waals surface area contributed by atoms with E-state index in [2.05, 4.69) is 16.8 Å². The van der Waals surface area contributed by atoms with E-state index in [1.54, 1.807) is 18.3 Å². The summed E-state index contributed by atoms with van der Waals surface area (Å²) >= 11 is 0. The number of aromatic nitrogens is 1. The van der Waals surface area contributed by atoms with E-state index >= 15 is 0 Å². The molecule has 0 fully saturated rings. The molecule has 0 radical (unpaired) electrons. The molecule has 100 valence electrons. The number of nitrogens with zero attached hydrogens (tertiary/aromatic N) is 2. The second-order valence-electron chi connectivity index (χ2n) is 4.41. The fourth-order valence-electron chi connectivity index (χ4n) is 2.16. The van der Waals surface area contributed by atoms with E-state index in [0.717, 1.165) is 29.2 Å². The number of aryl methyl sites for hydroxylation is 1. The number of nitrogens with two attached hydrogens (primary N) is 1. The molecule has 1 heterocycles. The number of rotatable bonds is 4. The first-order valence-electron chi connectivity index (χ1n) is 6.38. The molecular weight excluding hydrogens is 238 g/mol. The van der Waals surface area contributed by atoms with Crippen LogP contribution < -0.4 is 10.6 Å². The summed E-state index contributed by atoms with van der Waals surface area (Å²) in [5.41, 5.74) is 8.81. The summed E-state index contributed by atoms with van der Waals surface area (Å²) in [5, 5.41) is 9.68. The molecule has 4 nitrogen and oxygen atoms in total. The van der Waals surface area contributed by atoms with Gasteiger partial charge in [-0.15, -0.1) is 0 Å². The lowest BCUT2D eigenvalue weighted by atomic mass is 10.1. The van der Waals surface area contributed by atoms with Gasteiger partial charge in [-0.3, -0.25) is 0 Å². The first kappa shape index (κ1) is 13.4. The van der Waals surface area contributed by atoms with Crippen molar-refractivity contribution in [1.29, 1.82) is 0 Å². The smallest absolute Gasteiger partial charge is 0.137 e. The maximum absolute atomic E-state index is 9.68. The lowest BCUT2D eigenvalue weighted by Gasteiger charge is -2.26. The van der Waals surface area contributed by atoms with E-state index in [0.29, 0.717) is 6.54 Å². The average molecular weight is 257 g/mol. The molecule has 3 N–H and O–H groups in total. The van der Waals surface area contributed by atoms with Crippen molar-refractivity contribution in [3.05, 3.63) is 47.7 Å². The predicted octanol–water partition coefficient (Wildman–Crippen LogP) is 2.71. The third-order valence-corrected chi connectivity index (χ3v) is 3.14. The summed E-state index contributed by atoms with van der Waals surface area (Å²) in [4.78, 5) is 6.50. The topological polar surface area (TPSA) is 62.4 Å². The van der Waals surface area contributed by atoms with Crippen molar-refractivity contribution in [2.75, 3.05) is 11.4 Å². The molecule has 2 aromatic rings. The van der Waals surface area contributed by atoms with Gasteiger partial charge >= 0.3 is 0 Å². The predicted molar refractivity (Wildman–Crippen MR) is 77.7 cm³/mol. The quantitative estimate of drug-likeness (QED) is 0.884. The summed E-state index contributed by atoms with van der Waals surface area (Å²) in [5.74, 6) is 1.10. The molecular formula is C15H19N3O. The Morgan fingerprint density at radius 2 is 2.11 bits per heavy atom. The molecule has 2 rings (SSSR count). The molecule has 0 aliphatic rings. The Morgan fingerprint density at radius 1 is 1.32 bits per heavy atom. The van der Waals surface area contributed by atoms with Gasteiger partial charge in [0.25, 0.3) is 0 Å². The lowest BCUT2D eigenvalue weighted by molar-refractivity contribution is 0.475. The number of benzene rings is 1. The third-order valence-electron chi connectivity index (χ3n) is 3.14. The second kappa shape index (κ2) is 5.71. The third kappa shape index (κ3) is 2.69. The lowest BCUT2D eigenvalue weighted by Crippen LogP contribution is -2.20. The van der Waals surface area contributed by atoms with Crippen LogP contribution in [0, 0.1) is 6.92 Å². The first-order valence-corrected chi connectivity index (χ1v) is 6.38. The molecule has 4 heteroatoms. The Labute approximate surface area is 113 Å². The molecule has 0 aliphatic carbocycles. The van der Waals surface area contributed by atoms with Crippen LogP contribution in [-0.4, -0.2) is 16.6 Å².